The van der Waals surface area contributed by atoms with Gasteiger partial charge in [-0.05, 0) is 61.8 Å². The Kier molecular flexibility index (Phi) is 6.33. The first kappa shape index (κ1) is 21.6. The number of H-pyrrole nitrogens is 1. The first-order valence-corrected chi connectivity index (χ1v) is 13.2. The number of carbonyl (C=O) groups excluding carboxylic acids is 1. The van der Waals surface area contributed by atoms with Crippen molar-refractivity contribution in [1.29, 1.82) is 0 Å². The second-order valence-electron chi connectivity index (χ2n) is 8.50. The predicted molar refractivity (Wildman–Crippen MR) is 128 cm³/mol. The smallest absolute Gasteiger partial charge is 0.259 e. The van der Waals surface area contributed by atoms with Crippen molar-refractivity contribution in [3.05, 3.63) is 62.3 Å². The molecule has 1 atom stereocenters. The Hall–Kier alpha value is -2.19. The number of hydrogen-bond donors (Lipinski definition) is 1. The lowest BCUT2D eigenvalue weighted by Crippen LogP contribution is -2.30. The summed E-state index contributed by atoms with van der Waals surface area (Å²) >= 11 is 3.28. The first-order valence-electron chi connectivity index (χ1n) is 11.3. The highest BCUT2D eigenvalue weighted by Gasteiger charge is 2.29. The molecule has 1 aliphatic carbocycles. The lowest BCUT2D eigenvalue weighted by Gasteiger charge is -2.25. The fourth-order valence-corrected chi connectivity index (χ4v) is 6.92. The molecular formula is C24H26FN3O2S2. The van der Waals surface area contributed by atoms with E-state index in [-0.39, 0.29) is 23.3 Å². The third kappa shape index (κ3) is 4.35. The maximum atomic E-state index is 13.2. The lowest BCUT2D eigenvalue weighted by molar-refractivity contribution is -0.131. The van der Waals surface area contributed by atoms with E-state index in [0.29, 0.717) is 23.8 Å². The second kappa shape index (κ2) is 9.35. The van der Waals surface area contributed by atoms with Gasteiger partial charge in [0, 0.05) is 23.6 Å². The van der Waals surface area contributed by atoms with Crippen molar-refractivity contribution in [3.8, 4) is 0 Å². The van der Waals surface area contributed by atoms with Crippen LogP contribution in [0.3, 0.4) is 0 Å². The van der Waals surface area contributed by atoms with Gasteiger partial charge in [0.1, 0.15) is 16.5 Å². The van der Waals surface area contributed by atoms with Gasteiger partial charge in [0.05, 0.1) is 17.2 Å². The Labute approximate surface area is 194 Å². The van der Waals surface area contributed by atoms with Crippen LogP contribution in [0.25, 0.3) is 10.2 Å². The highest BCUT2D eigenvalue weighted by atomic mass is 32.2. The number of likely N-dealkylation sites (tertiary alicyclic amines) is 1. The average Bonchev–Trinajstić information content (AvgIpc) is 3.42. The van der Waals surface area contributed by atoms with Crippen LogP contribution in [0, 0.1) is 5.82 Å². The summed E-state index contributed by atoms with van der Waals surface area (Å²) in [6.45, 7) is 0.750. The van der Waals surface area contributed by atoms with Crippen molar-refractivity contribution in [1.82, 2.24) is 14.9 Å². The summed E-state index contributed by atoms with van der Waals surface area (Å²) in [5, 5.41) is 0.787. The molecule has 0 spiro atoms. The quantitative estimate of drug-likeness (QED) is 0.515. The number of nitrogens with one attached hydrogen (secondary N) is 1. The topological polar surface area (TPSA) is 66.1 Å². The van der Waals surface area contributed by atoms with E-state index in [9.17, 15) is 14.0 Å². The van der Waals surface area contributed by atoms with Crippen molar-refractivity contribution in [2.75, 3.05) is 12.3 Å². The van der Waals surface area contributed by atoms with Crippen LogP contribution in [0.1, 0.15) is 60.0 Å². The molecule has 8 heteroatoms. The molecule has 1 fully saturated rings. The number of hydrogen-bond acceptors (Lipinski definition) is 5. The predicted octanol–water partition coefficient (Wildman–Crippen LogP) is 4.99. The van der Waals surface area contributed by atoms with E-state index in [1.165, 1.54) is 29.0 Å². The zero-order valence-corrected chi connectivity index (χ0v) is 19.5. The number of benzene rings is 1. The minimum atomic E-state index is -0.256. The minimum absolute atomic E-state index is 0.0275. The van der Waals surface area contributed by atoms with Gasteiger partial charge in [-0.2, -0.15) is 11.8 Å². The Morgan fingerprint density at radius 2 is 2.03 bits per heavy atom. The monoisotopic (exact) mass is 471 g/mol. The Bertz CT molecular complexity index is 1190. The molecule has 2 aromatic heterocycles. The molecule has 1 N–H and O–H groups in total. The van der Waals surface area contributed by atoms with Gasteiger partial charge in [-0.15, -0.1) is 11.3 Å². The zero-order chi connectivity index (χ0) is 22.1. The summed E-state index contributed by atoms with van der Waals surface area (Å²) in [5.74, 6) is 1.82. The normalized spacial score (nSPS) is 18.3. The molecule has 5 rings (SSSR count). The Morgan fingerprint density at radius 3 is 2.88 bits per heavy atom. The van der Waals surface area contributed by atoms with Gasteiger partial charge in [0.2, 0.25) is 5.91 Å². The van der Waals surface area contributed by atoms with Gasteiger partial charge >= 0.3 is 0 Å². The van der Waals surface area contributed by atoms with Gasteiger partial charge in [-0.3, -0.25) is 9.59 Å². The van der Waals surface area contributed by atoms with Crippen molar-refractivity contribution >= 4 is 39.2 Å². The third-order valence-corrected chi connectivity index (χ3v) is 8.56. The molecule has 3 heterocycles. The van der Waals surface area contributed by atoms with E-state index in [2.05, 4.69) is 4.98 Å². The molecule has 0 radical (unpaired) electrons. The number of nitrogens with zero attached hydrogens (tertiary/aromatic N) is 2. The molecule has 2 aliphatic rings. The highest BCUT2D eigenvalue weighted by molar-refractivity contribution is 7.98. The average molecular weight is 472 g/mol. The summed E-state index contributed by atoms with van der Waals surface area (Å²) in [5.41, 5.74) is 2.18. The van der Waals surface area contributed by atoms with Crippen molar-refractivity contribution in [2.24, 2.45) is 0 Å². The molecule has 1 unspecified atom stereocenters. The van der Waals surface area contributed by atoms with Crippen LogP contribution >= 0.6 is 23.1 Å². The second-order valence-corrected chi connectivity index (χ2v) is 10.7. The lowest BCUT2D eigenvalue weighted by atomic mass is 9.97. The number of thiophene rings is 1. The van der Waals surface area contributed by atoms with E-state index in [1.54, 1.807) is 35.2 Å². The molecule has 32 heavy (non-hydrogen) atoms. The molecule has 3 aromatic rings. The van der Waals surface area contributed by atoms with Gasteiger partial charge in [0.25, 0.3) is 5.56 Å². The molecule has 0 bridgehead atoms. The molecule has 1 saturated heterocycles. The van der Waals surface area contributed by atoms with Crippen LogP contribution < -0.4 is 5.56 Å². The van der Waals surface area contributed by atoms with Crippen LogP contribution in [-0.4, -0.2) is 33.1 Å². The molecule has 5 nitrogen and oxygen atoms in total. The number of fused-ring (bicyclic) bond motifs is 3. The molecule has 1 amide bonds. The van der Waals surface area contributed by atoms with E-state index >= 15 is 0 Å². The van der Waals surface area contributed by atoms with Crippen molar-refractivity contribution in [3.63, 3.8) is 0 Å². The molecule has 1 aromatic carbocycles. The number of rotatable bonds is 6. The van der Waals surface area contributed by atoms with Crippen molar-refractivity contribution in [2.45, 2.75) is 56.7 Å². The highest BCUT2D eigenvalue weighted by Crippen LogP contribution is 2.34. The maximum absolute atomic E-state index is 13.2. The van der Waals surface area contributed by atoms with Crippen LogP contribution in [0.4, 0.5) is 4.39 Å². The van der Waals surface area contributed by atoms with Crippen molar-refractivity contribution < 1.29 is 9.18 Å². The van der Waals surface area contributed by atoms with Crippen LogP contribution in [0.2, 0.25) is 0 Å². The molecule has 0 saturated carbocycles. The standard InChI is InChI=1S/C24H26FN3O2S2/c25-16-9-7-15(8-10-16)18-5-3-12-28(18)21(29)11-13-31-14-20-26-23(30)22-17-4-1-2-6-19(17)32-24(22)27-20/h7-10,18H,1-6,11-14H2,(H,26,27,30). The number of aryl methyl sites for hydroxylation is 2. The largest absolute Gasteiger partial charge is 0.336 e. The summed E-state index contributed by atoms with van der Waals surface area (Å²) < 4.78 is 13.2. The summed E-state index contributed by atoms with van der Waals surface area (Å²) in [7, 11) is 0. The van der Waals surface area contributed by atoms with Crippen LogP contribution in [0.15, 0.2) is 29.1 Å². The molecule has 1 aliphatic heterocycles. The number of aromatic nitrogens is 2. The number of amides is 1. The summed E-state index contributed by atoms with van der Waals surface area (Å²) in [4.78, 5) is 37.2. The van der Waals surface area contributed by atoms with Crippen LogP contribution in [0.5, 0.6) is 0 Å². The Balaban J connectivity index is 1.18. The number of halogens is 1. The first-order chi connectivity index (χ1) is 15.6. The SMILES string of the molecule is O=C(CCSCc1nc2sc3c(c2c(=O)[nH]1)CCCC3)N1CCCC1c1ccc(F)cc1. The fraction of sp³-hybridized carbons (Fsp3) is 0.458. The number of carbonyl (C=O) groups is 1. The van der Waals surface area contributed by atoms with E-state index in [1.807, 2.05) is 4.90 Å². The van der Waals surface area contributed by atoms with E-state index in [4.69, 9.17) is 4.98 Å². The fourth-order valence-electron chi connectivity index (χ4n) is 4.85. The summed E-state index contributed by atoms with van der Waals surface area (Å²) in [6, 6.07) is 6.52. The third-order valence-electron chi connectivity index (χ3n) is 6.40. The van der Waals surface area contributed by atoms with Crippen LogP contribution in [-0.2, 0) is 23.4 Å². The maximum Gasteiger partial charge on any atom is 0.259 e. The van der Waals surface area contributed by atoms with Gasteiger partial charge < -0.3 is 9.88 Å². The van der Waals surface area contributed by atoms with Gasteiger partial charge in [-0.1, -0.05) is 12.1 Å². The summed E-state index contributed by atoms with van der Waals surface area (Å²) in [6.07, 6.45) is 6.69. The van der Waals surface area contributed by atoms with E-state index < -0.39 is 0 Å². The van der Waals surface area contributed by atoms with Gasteiger partial charge in [0.15, 0.2) is 0 Å². The number of thioether (sulfide) groups is 1. The Morgan fingerprint density at radius 1 is 1.22 bits per heavy atom. The molecular weight excluding hydrogens is 445 g/mol. The van der Waals surface area contributed by atoms with Gasteiger partial charge in [-0.25, -0.2) is 9.37 Å². The minimum Gasteiger partial charge on any atom is -0.336 e. The van der Waals surface area contributed by atoms with E-state index in [0.717, 1.165) is 54.4 Å². The number of aromatic amines is 1. The zero-order valence-electron chi connectivity index (χ0n) is 17.9. The molecule has 168 valence electrons.